The Kier molecular flexibility index (Phi) is 8.01. The molecule has 0 radical (unpaired) electrons. The van der Waals surface area contributed by atoms with Gasteiger partial charge in [-0.3, -0.25) is 14.9 Å². The van der Waals surface area contributed by atoms with Crippen LogP contribution in [0.15, 0.2) is 66.7 Å². The number of hydrogen-bond acceptors (Lipinski definition) is 3. The van der Waals surface area contributed by atoms with Crippen LogP contribution in [0.1, 0.15) is 43.4 Å². The molecule has 2 aromatic carbocycles. The minimum absolute atomic E-state index is 0.0122. The van der Waals surface area contributed by atoms with Gasteiger partial charge in [0.05, 0.1) is 6.04 Å². The van der Waals surface area contributed by atoms with Gasteiger partial charge in [0, 0.05) is 25.2 Å². The van der Waals surface area contributed by atoms with Crippen molar-refractivity contribution in [2.45, 2.75) is 58.3 Å². The van der Waals surface area contributed by atoms with E-state index in [0.717, 1.165) is 19.3 Å². The van der Waals surface area contributed by atoms with Gasteiger partial charge in [0.25, 0.3) is 0 Å². The second-order valence-electron chi connectivity index (χ2n) is 8.39. The normalized spacial score (nSPS) is 16.1. The standard InChI is InChI=1S/C26H33N3O2/c1-3-19(2)25(26(27)31)28-23(14-13-20-9-5-4-6-10-20)15-16-24(30)29-17-21-11-7-8-12-22(21)18-29/h4-12,15-16,19,23,25,28H,3,13-14,17-18H2,1-2H3,(H2,27,31)/t19-,23?,25-/m0/s1. The highest BCUT2D eigenvalue weighted by atomic mass is 16.2. The van der Waals surface area contributed by atoms with E-state index in [1.54, 1.807) is 6.08 Å². The van der Waals surface area contributed by atoms with E-state index >= 15 is 0 Å². The Hall–Kier alpha value is -2.92. The first kappa shape index (κ1) is 22.8. The Bertz CT molecular complexity index is 885. The van der Waals surface area contributed by atoms with E-state index in [2.05, 4.69) is 29.6 Å². The third kappa shape index (κ3) is 6.28. The van der Waals surface area contributed by atoms with Gasteiger partial charge in [-0.1, -0.05) is 80.9 Å². The summed E-state index contributed by atoms with van der Waals surface area (Å²) in [6, 6.07) is 17.8. The zero-order chi connectivity index (χ0) is 22.2. The molecule has 0 saturated carbocycles. The molecule has 164 valence electrons. The smallest absolute Gasteiger partial charge is 0.246 e. The fourth-order valence-corrected chi connectivity index (χ4v) is 3.99. The van der Waals surface area contributed by atoms with Crippen LogP contribution in [0.25, 0.3) is 0 Å². The molecule has 5 nitrogen and oxygen atoms in total. The highest BCUT2D eigenvalue weighted by molar-refractivity contribution is 5.88. The molecule has 3 atom stereocenters. The van der Waals surface area contributed by atoms with Gasteiger partial charge in [-0.25, -0.2) is 0 Å². The Morgan fingerprint density at radius 1 is 1.06 bits per heavy atom. The Balaban J connectivity index is 1.68. The summed E-state index contributed by atoms with van der Waals surface area (Å²) >= 11 is 0. The van der Waals surface area contributed by atoms with E-state index in [0.29, 0.717) is 13.1 Å². The second-order valence-corrected chi connectivity index (χ2v) is 8.39. The molecule has 0 aromatic heterocycles. The molecule has 0 aliphatic carbocycles. The number of nitrogens with zero attached hydrogens (tertiary/aromatic N) is 1. The van der Waals surface area contributed by atoms with Crippen molar-refractivity contribution >= 4 is 11.8 Å². The summed E-state index contributed by atoms with van der Waals surface area (Å²) in [5.41, 5.74) is 9.30. The lowest BCUT2D eigenvalue weighted by molar-refractivity contribution is -0.126. The van der Waals surface area contributed by atoms with Crippen LogP contribution in [0.3, 0.4) is 0 Å². The number of nitrogens with one attached hydrogen (secondary N) is 1. The van der Waals surface area contributed by atoms with Crippen molar-refractivity contribution < 1.29 is 9.59 Å². The molecule has 0 saturated heterocycles. The van der Waals surface area contributed by atoms with E-state index in [1.807, 2.05) is 55.2 Å². The zero-order valence-electron chi connectivity index (χ0n) is 18.5. The first-order chi connectivity index (χ1) is 15.0. The van der Waals surface area contributed by atoms with Gasteiger partial charge in [-0.05, 0) is 35.4 Å². The molecule has 3 N–H and O–H groups in total. The van der Waals surface area contributed by atoms with Crippen molar-refractivity contribution in [3.8, 4) is 0 Å². The maximum Gasteiger partial charge on any atom is 0.246 e. The third-order valence-corrected chi connectivity index (χ3v) is 6.12. The van der Waals surface area contributed by atoms with E-state index in [1.165, 1.54) is 16.7 Å². The number of aryl methyl sites for hydroxylation is 1. The van der Waals surface area contributed by atoms with Crippen molar-refractivity contribution in [1.82, 2.24) is 10.2 Å². The van der Waals surface area contributed by atoms with Crippen molar-refractivity contribution in [2.75, 3.05) is 0 Å². The fraction of sp³-hybridized carbons (Fsp3) is 0.385. The van der Waals surface area contributed by atoms with Gasteiger partial charge >= 0.3 is 0 Å². The molecule has 1 aliphatic rings. The molecule has 1 unspecified atom stereocenters. The van der Waals surface area contributed by atoms with Crippen molar-refractivity contribution in [1.29, 1.82) is 0 Å². The Morgan fingerprint density at radius 3 is 2.26 bits per heavy atom. The lowest BCUT2D eigenvalue weighted by Crippen LogP contribution is -2.49. The SMILES string of the molecule is CC[C@H](C)[C@H](NC(C=CC(=O)N1Cc2ccccc2C1)CCc1ccccc1)C(N)=O. The van der Waals surface area contributed by atoms with E-state index in [9.17, 15) is 9.59 Å². The number of hydrogen-bond donors (Lipinski definition) is 2. The summed E-state index contributed by atoms with van der Waals surface area (Å²) < 4.78 is 0. The zero-order valence-corrected chi connectivity index (χ0v) is 18.5. The van der Waals surface area contributed by atoms with Crippen LogP contribution in [0.4, 0.5) is 0 Å². The molecular formula is C26H33N3O2. The molecule has 0 spiro atoms. The number of nitrogens with two attached hydrogens (primary N) is 1. The summed E-state index contributed by atoms with van der Waals surface area (Å²) in [5.74, 6) is -0.246. The lowest BCUT2D eigenvalue weighted by Gasteiger charge is -2.26. The maximum atomic E-state index is 12.8. The molecule has 1 aliphatic heterocycles. The van der Waals surface area contributed by atoms with Gasteiger partial charge in [0.15, 0.2) is 0 Å². The lowest BCUT2D eigenvalue weighted by atomic mass is 9.96. The molecule has 1 heterocycles. The average molecular weight is 420 g/mol. The first-order valence-electron chi connectivity index (χ1n) is 11.1. The Labute approximate surface area is 185 Å². The number of benzene rings is 2. The van der Waals surface area contributed by atoms with Crippen LogP contribution in [0, 0.1) is 5.92 Å². The number of amides is 2. The fourth-order valence-electron chi connectivity index (χ4n) is 3.99. The van der Waals surface area contributed by atoms with Gasteiger partial charge in [0.2, 0.25) is 11.8 Å². The molecule has 5 heteroatoms. The van der Waals surface area contributed by atoms with Crippen LogP contribution < -0.4 is 11.1 Å². The second kappa shape index (κ2) is 10.9. The molecule has 0 fully saturated rings. The van der Waals surface area contributed by atoms with Gasteiger partial charge < -0.3 is 10.6 Å². The number of carbonyl (C=O) groups excluding carboxylic acids is 2. The highest BCUT2D eigenvalue weighted by Crippen LogP contribution is 2.22. The molecule has 31 heavy (non-hydrogen) atoms. The summed E-state index contributed by atoms with van der Waals surface area (Å²) in [5, 5.41) is 3.41. The van der Waals surface area contributed by atoms with Crippen LogP contribution in [-0.2, 0) is 29.1 Å². The molecule has 0 bridgehead atoms. The predicted molar refractivity (Wildman–Crippen MR) is 124 cm³/mol. The van der Waals surface area contributed by atoms with E-state index in [-0.39, 0.29) is 23.8 Å². The number of fused-ring (bicyclic) bond motifs is 1. The predicted octanol–water partition coefficient (Wildman–Crippen LogP) is 3.58. The van der Waals surface area contributed by atoms with Crippen LogP contribution in [0.5, 0.6) is 0 Å². The maximum absolute atomic E-state index is 12.8. The summed E-state index contributed by atoms with van der Waals surface area (Å²) in [6.45, 7) is 5.34. The van der Waals surface area contributed by atoms with Crippen LogP contribution in [-0.4, -0.2) is 28.8 Å². The minimum Gasteiger partial charge on any atom is -0.368 e. The van der Waals surface area contributed by atoms with Crippen LogP contribution in [0.2, 0.25) is 0 Å². The molecule has 2 amide bonds. The quantitative estimate of drug-likeness (QED) is 0.578. The van der Waals surface area contributed by atoms with Gasteiger partial charge in [0.1, 0.15) is 0 Å². The number of rotatable bonds is 10. The highest BCUT2D eigenvalue weighted by Gasteiger charge is 2.25. The number of carbonyl (C=O) groups is 2. The van der Waals surface area contributed by atoms with Crippen molar-refractivity contribution in [3.63, 3.8) is 0 Å². The average Bonchev–Trinajstić information content (AvgIpc) is 3.23. The van der Waals surface area contributed by atoms with E-state index < -0.39 is 6.04 Å². The Morgan fingerprint density at radius 2 is 1.68 bits per heavy atom. The molecular weight excluding hydrogens is 386 g/mol. The van der Waals surface area contributed by atoms with Crippen LogP contribution >= 0.6 is 0 Å². The third-order valence-electron chi connectivity index (χ3n) is 6.12. The summed E-state index contributed by atoms with van der Waals surface area (Å²) in [4.78, 5) is 26.7. The molecule has 3 rings (SSSR count). The van der Waals surface area contributed by atoms with E-state index in [4.69, 9.17) is 5.73 Å². The molecule has 2 aromatic rings. The summed E-state index contributed by atoms with van der Waals surface area (Å²) in [6.07, 6.45) is 6.00. The van der Waals surface area contributed by atoms with Crippen molar-refractivity contribution in [2.24, 2.45) is 11.7 Å². The minimum atomic E-state index is -0.429. The van der Waals surface area contributed by atoms with Crippen molar-refractivity contribution in [3.05, 3.63) is 83.4 Å². The van der Waals surface area contributed by atoms with Gasteiger partial charge in [-0.2, -0.15) is 0 Å². The summed E-state index contributed by atoms with van der Waals surface area (Å²) in [7, 11) is 0. The van der Waals surface area contributed by atoms with Gasteiger partial charge in [-0.15, -0.1) is 0 Å². The number of primary amides is 1. The topological polar surface area (TPSA) is 75.4 Å². The monoisotopic (exact) mass is 419 g/mol. The first-order valence-corrected chi connectivity index (χ1v) is 11.1. The largest absolute Gasteiger partial charge is 0.368 e.